The maximum Gasteiger partial charge on any atom is 0.313 e. The molecule has 11 nitrogen and oxygen atoms in total. The van der Waals surface area contributed by atoms with Crippen LogP contribution in [-0.4, -0.2) is 49.0 Å². The van der Waals surface area contributed by atoms with E-state index in [4.69, 9.17) is 14.0 Å². The van der Waals surface area contributed by atoms with Gasteiger partial charge < -0.3 is 19.4 Å². The van der Waals surface area contributed by atoms with E-state index in [0.717, 1.165) is 18.2 Å². The van der Waals surface area contributed by atoms with Gasteiger partial charge in [-0.25, -0.2) is 0 Å². The van der Waals surface area contributed by atoms with E-state index in [0.29, 0.717) is 0 Å². The van der Waals surface area contributed by atoms with Gasteiger partial charge in [-0.05, 0) is 12.1 Å². The van der Waals surface area contributed by atoms with E-state index in [1.165, 1.54) is 0 Å². The van der Waals surface area contributed by atoms with Gasteiger partial charge >= 0.3 is 5.97 Å². The lowest BCUT2D eigenvalue weighted by atomic mass is 10.3. The van der Waals surface area contributed by atoms with Gasteiger partial charge in [0.25, 0.3) is 15.2 Å². The third-order valence-corrected chi connectivity index (χ3v) is 3.20. The zero-order valence-electron chi connectivity index (χ0n) is 11.6. The molecule has 0 amide bonds. The standard InChI is InChI=1S/C11H13NO10S/c13-9-2-1-8(7-10(9)23(17,18)19)22-11(14)3-4-20-5-6-21-12(15)16/h1-2,7,13H,3-6H2,(H,17,18,19). The molecule has 2 N–H and O–H groups in total. The van der Waals surface area contributed by atoms with Gasteiger partial charge in [-0.15, -0.1) is 10.1 Å². The van der Waals surface area contributed by atoms with Gasteiger partial charge in [0.1, 0.15) is 23.0 Å². The molecule has 1 aromatic carbocycles. The van der Waals surface area contributed by atoms with Gasteiger partial charge in [-0.1, -0.05) is 0 Å². The van der Waals surface area contributed by atoms with E-state index in [-0.39, 0.29) is 32.0 Å². The smallest absolute Gasteiger partial charge is 0.313 e. The first-order valence-electron chi connectivity index (χ1n) is 6.06. The minimum absolute atomic E-state index is 0.0941. The van der Waals surface area contributed by atoms with Crippen LogP contribution in [0.5, 0.6) is 11.5 Å². The third kappa shape index (κ3) is 6.90. The highest BCUT2D eigenvalue weighted by molar-refractivity contribution is 7.86. The predicted molar refractivity (Wildman–Crippen MR) is 71.9 cm³/mol. The van der Waals surface area contributed by atoms with Gasteiger partial charge in [0.05, 0.1) is 19.6 Å². The van der Waals surface area contributed by atoms with E-state index < -0.39 is 31.8 Å². The molecule has 0 aromatic heterocycles. The second kappa shape index (κ2) is 8.26. The van der Waals surface area contributed by atoms with E-state index in [9.17, 15) is 28.4 Å². The number of hydrogen-bond acceptors (Lipinski definition) is 9. The molecular formula is C11H13NO10S. The summed E-state index contributed by atoms with van der Waals surface area (Å²) in [5.74, 6) is -1.66. The second-order valence-electron chi connectivity index (χ2n) is 4.00. The molecule has 1 rings (SSSR count). The van der Waals surface area contributed by atoms with Crippen LogP contribution in [0.2, 0.25) is 0 Å². The van der Waals surface area contributed by atoms with Crippen molar-refractivity contribution in [1.29, 1.82) is 0 Å². The van der Waals surface area contributed by atoms with Crippen molar-refractivity contribution < 1.29 is 42.3 Å². The fourth-order valence-electron chi connectivity index (χ4n) is 1.38. The van der Waals surface area contributed by atoms with Crippen LogP contribution < -0.4 is 4.74 Å². The number of ether oxygens (including phenoxy) is 2. The van der Waals surface area contributed by atoms with E-state index in [2.05, 4.69) is 4.84 Å². The van der Waals surface area contributed by atoms with Crippen LogP contribution in [-0.2, 0) is 24.5 Å². The van der Waals surface area contributed by atoms with Crippen LogP contribution in [0.4, 0.5) is 0 Å². The SMILES string of the molecule is O=C(CCOCCO[N+](=O)[O-])Oc1ccc(O)c(S(=O)(=O)O)c1. The Labute approximate surface area is 130 Å². The molecule has 0 saturated carbocycles. The molecule has 0 saturated heterocycles. The van der Waals surface area contributed by atoms with E-state index in [1.54, 1.807) is 0 Å². The first kappa shape index (κ1) is 18.6. The number of esters is 1. The van der Waals surface area contributed by atoms with Crippen molar-refractivity contribution >= 4 is 16.1 Å². The zero-order valence-corrected chi connectivity index (χ0v) is 12.4. The Balaban J connectivity index is 2.45. The Hall–Kier alpha value is -2.44. The molecule has 0 heterocycles. The molecule has 0 atom stereocenters. The topological polar surface area (TPSA) is 162 Å². The third-order valence-electron chi connectivity index (χ3n) is 2.32. The molecule has 0 aliphatic carbocycles. The van der Waals surface area contributed by atoms with Crippen LogP contribution in [0.25, 0.3) is 0 Å². The summed E-state index contributed by atoms with van der Waals surface area (Å²) in [5.41, 5.74) is 0. The Morgan fingerprint density at radius 3 is 2.57 bits per heavy atom. The first-order chi connectivity index (χ1) is 10.7. The van der Waals surface area contributed by atoms with Crippen LogP contribution in [0.1, 0.15) is 6.42 Å². The van der Waals surface area contributed by atoms with Crippen LogP contribution in [0.15, 0.2) is 23.1 Å². The van der Waals surface area contributed by atoms with Crippen LogP contribution >= 0.6 is 0 Å². The molecular weight excluding hydrogens is 338 g/mol. The molecule has 0 fully saturated rings. The Morgan fingerprint density at radius 1 is 1.26 bits per heavy atom. The van der Waals surface area contributed by atoms with Crippen LogP contribution in [0.3, 0.4) is 0 Å². The van der Waals surface area contributed by atoms with Gasteiger partial charge in [-0.3, -0.25) is 9.35 Å². The van der Waals surface area contributed by atoms with Gasteiger partial charge in [-0.2, -0.15) is 8.42 Å². The zero-order chi connectivity index (χ0) is 17.5. The average Bonchev–Trinajstić information content (AvgIpc) is 2.43. The van der Waals surface area contributed by atoms with Gasteiger partial charge in [0, 0.05) is 6.07 Å². The Morgan fingerprint density at radius 2 is 1.96 bits per heavy atom. The van der Waals surface area contributed by atoms with E-state index in [1.807, 2.05) is 0 Å². The fourth-order valence-corrected chi connectivity index (χ4v) is 1.97. The van der Waals surface area contributed by atoms with Crippen molar-refractivity contribution in [3.8, 4) is 11.5 Å². The normalized spacial score (nSPS) is 11.0. The number of carbonyl (C=O) groups is 1. The number of hydrogen-bond donors (Lipinski definition) is 2. The number of phenols is 1. The summed E-state index contributed by atoms with van der Waals surface area (Å²) < 4.78 is 40.5. The highest BCUT2D eigenvalue weighted by atomic mass is 32.2. The quantitative estimate of drug-likeness (QED) is 0.156. The molecule has 1 aromatic rings. The van der Waals surface area contributed by atoms with Crippen molar-refractivity contribution in [2.24, 2.45) is 0 Å². The lowest BCUT2D eigenvalue weighted by molar-refractivity contribution is -0.758. The molecule has 0 aliphatic rings. The summed E-state index contributed by atoms with van der Waals surface area (Å²) in [6, 6.07) is 2.86. The number of phenolic OH excluding ortho intramolecular Hbond substituents is 1. The van der Waals surface area contributed by atoms with Crippen molar-refractivity contribution in [2.45, 2.75) is 11.3 Å². The van der Waals surface area contributed by atoms with Crippen LogP contribution in [0, 0.1) is 10.1 Å². The molecule has 0 bridgehead atoms. The number of rotatable bonds is 9. The molecule has 0 spiro atoms. The fraction of sp³-hybridized carbons (Fsp3) is 0.364. The Kier molecular flexibility index (Phi) is 6.68. The lowest BCUT2D eigenvalue weighted by Gasteiger charge is -2.07. The minimum atomic E-state index is -4.66. The van der Waals surface area contributed by atoms with Crippen molar-refractivity contribution in [1.82, 2.24) is 0 Å². The largest absolute Gasteiger partial charge is 0.506 e. The van der Waals surface area contributed by atoms with Crippen molar-refractivity contribution in [3.05, 3.63) is 28.3 Å². The van der Waals surface area contributed by atoms with Crippen molar-refractivity contribution in [3.63, 3.8) is 0 Å². The maximum absolute atomic E-state index is 11.5. The van der Waals surface area contributed by atoms with Gasteiger partial charge in [0.2, 0.25) is 0 Å². The molecule has 0 radical (unpaired) electrons. The summed E-state index contributed by atoms with van der Waals surface area (Å²) in [6.45, 7) is -0.471. The second-order valence-corrected chi connectivity index (χ2v) is 5.39. The summed E-state index contributed by atoms with van der Waals surface area (Å²) in [4.78, 5) is 24.5. The maximum atomic E-state index is 11.5. The number of benzene rings is 1. The lowest BCUT2D eigenvalue weighted by Crippen LogP contribution is -2.14. The van der Waals surface area contributed by atoms with Gasteiger partial charge in [0.15, 0.2) is 0 Å². The molecule has 12 heteroatoms. The molecule has 0 unspecified atom stereocenters. The highest BCUT2D eigenvalue weighted by Gasteiger charge is 2.17. The summed E-state index contributed by atoms with van der Waals surface area (Å²) in [6.07, 6.45) is -0.208. The average molecular weight is 351 g/mol. The summed E-state index contributed by atoms with van der Waals surface area (Å²) >= 11 is 0. The monoisotopic (exact) mass is 351 g/mol. The number of carbonyl (C=O) groups excluding carboxylic acids is 1. The molecule has 0 aliphatic heterocycles. The number of aromatic hydroxyl groups is 1. The highest BCUT2D eigenvalue weighted by Crippen LogP contribution is 2.27. The predicted octanol–water partition coefficient (Wildman–Crippen LogP) is 0.159. The summed E-state index contributed by atoms with van der Waals surface area (Å²) in [5, 5.41) is 18.2. The van der Waals surface area contributed by atoms with Crippen molar-refractivity contribution in [2.75, 3.05) is 19.8 Å². The first-order valence-corrected chi connectivity index (χ1v) is 7.50. The summed E-state index contributed by atoms with van der Waals surface area (Å²) in [7, 11) is -4.66. The molecule has 128 valence electrons. The minimum Gasteiger partial charge on any atom is -0.506 e. The Bertz CT molecular complexity index is 671. The molecule has 23 heavy (non-hydrogen) atoms. The number of nitrogens with zero attached hydrogens (tertiary/aromatic N) is 1. The van der Waals surface area contributed by atoms with E-state index >= 15 is 0 Å².